The van der Waals surface area contributed by atoms with Crippen LogP contribution in [-0.2, 0) is 20.9 Å². The number of fused-ring (bicyclic) bond motifs is 1. The maximum atomic E-state index is 12.3. The number of benzene rings is 1. The maximum absolute atomic E-state index is 12.3. The molecule has 138 valence electrons. The Bertz CT molecular complexity index is 912. The SMILES string of the molecule is CCCn1c(=NC(=O)CN2C(=O)CCC2=O)sc2cc(OCC)ccc21. The average Bonchev–Trinajstić information content (AvgIpc) is 3.10. The number of aryl methyl sites for hydroxylation is 1. The van der Waals surface area contributed by atoms with Crippen molar-refractivity contribution in [1.82, 2.24) is 9.47 Å². The highest BCUT2D eigenvalue weighted by Crippen LogP contribution is 2.23. The Hall–Kier alpha value is -2.48. The minimum atomic E-state index is -0.491. The fourth-order valence-corrected chi connectivity index (χ4v) is 4.01. The molecular formula is C18H21N3O4S. The summed E-state index contributed by atoms with van der Waals surface area (Å²) in [7, 11) is 0. The van der Waals surface area contributed by atoms with E-state index in [-0.39, 0.29) is 31.2 Å². The van der Waals surface area contributed by atoms with Crippen molar-refractivity contribution >= 4 is 39.3 Å². The van der Waals surface area contributed by atoms with Crippen molar-refractivity contribution in [2.24, 2.45) is 4.99 Å². The Kier molecular flexibility index (Phi) is 5.51. The summed E-state index contributed by atoms with van der Waals surface area (Å²) < 4.78 is 8.50. The zero-order valence-electron chi connectivity index (χ0n) is 14.9. The van der Waals surface area contributed by atoms with Crippen LogP contribution in [0.2, 0.25) is 0 Å². The second-order valence-corrected chi connectivity index (χ2v) is 6.99. The molecular weight excluding hydrogens is 354 g/mol. The summed E-state index contributed by atoms with van der Waals surface area (Å²) in [5, 5.41) is 0. The number of carbonyl (C=O) groups is 3. The molecule has 1 fully saturated rings. The van der Waals surface area contributed by atoms with Crippen LogP contribution in [0.5, 0.6) is 5.75 Å². The monoisotopic (exact) mass is 375 g/mol. The number of nitrogens with zero attached hydrogens (tertiary/aromatic N) is 3. The first-order chi connectivity index (χ1) is 12.5. The zero-order chi connectivity index (χ0) is 18.7. The predicted molar refractivity (Wildman–Crippen MR) is 97.8 cm³/mol. The molecule has 1 aromatic carbocycles. The number of thiazole rings is 1. The second kappa shape index (κ2) is 7.82. The quantitative estimate of drug-likeness (QED) is 0.724. The fourth-order valence-electron chi connectivity index (χ4n) is 2.91. The summed E-state index contributed by atoms with van der Waals surface area (Å²) in [6.07, 6.45) is 1.24. The van der Waals surface area contributed by atoms with Gasteiger partial charge >= 0.3 is 0 Å². The van der Waals surface area contributed by atoms with E-state index in [4.69, 9.17) is 4.74 Å². The van der Waals surface area contributed by atoms with E-state index >= 15 is 0 Å². The molecule has 1 aromatic heterocycles. The Morgan fingerprint density at radius 2 is 1.96 bits per heavy atom. The minimum Gasteiger partial charge on any atom is -0.494 e. The molecule has 0 saturated carbocycles. The lowest BCUT2D eigenvalue weighted by molar-refractivity contribution is -0.141. The number of likely N-dealkylation sites (tertiary alicyclic amines) is 1. The van der Waals surface area contributed by atoms with Gasteiger partial charge in [-0.15, -0.1) is 0 Å². The van der Waals surface area contributed by atoms with E-state index in [0.29, 0.717) is 11.4 Å². The lowest BCUT2D eigenvalue weighted by Gasteiger charge is -2.10. The first-order valence-corrected chi connectivity index (χ1v) is 9.52. The number of hydrogen-bond acceptors (Lipinski definition) is 5. The fraction of sp³-hybridized carbons (Fsp3) is 0.444. The number of imide groups is 1. The summed E-state index contributed by atoms with van der Waals surface area (Å²) in [5.74, 6) is -0.332. The van der Waals surface area contributed by atoms with Gasteiger partial charge in [-0.3, -0.25) is 19.3 Å². The normalized spacial score (nSPS) is 15.3. The minimum absolute atomic E-state index is 0.172. The van der Waals surface area contributed by atoms with Crippen molar-refractivity contribution in [3.63, 3.8) is 0 Å². The van der Waals surface area contributed by atoms with Crippen LogP contribution in [0, 0.1) is 0 Å². The first-order valence-electron chi connectivity index (χ1n) is 8.70. The Morgan fingerprint density at radius 1 is 1.23 bits per heavy atom. The van der Waals surface area contributed by atoms with Gasteiger partial charge in [0, 0.05) is 19.4 Å². The van der Waals surface area contributed by atoms with Gasteiger partial charge in [-0.1, -0.05) is 18.3 Å². The third kappa shape index (κ3) is 3.70. The molecule has 2 aromatic rings. The molecule has 1 aliphatic heterocycles. The number of rotatable bonds is 6. The molecule has 0 unspecified atom stereocenters. The van der Waals surface area contributed by atoms with Gasteiger partial charge in [-0.05, 0) is 31.5 Å². The number of carbonyl (C=O) groups excluding carboxylic acids is 3. The maximum Gasteiger partial charge on any atom is 0.268 e. The van der Waals surface area contributed by atoms with Gasteiger partial charge in [0.2, 0.25) is 11.8 Å². The smallest absolute Gasteiger partial charge is 0.268 e. The molecule has 0 N–H and O–H groups in total. The van der Waals surface area contributed by atoms with E-state index in [9.17, 15) is 14.4 Å². The number of amides is 3. The van der Waals surface area contributed by atoms with Crippen LogP contribution >= 0.6 is 11.3 Å². The molecule has 1 saturated heterocycles. The Labute approximate surface area is 154 Å². The summed E-state index contributed by atoms with van der Waals surface area (Å²) in [4.78, 5) is 41.4. The highest BCUT2D eigenvalue weighted by Gasteiger charge is 2.30. The van der Waals surface area contributed by atoms with Crippen LogP contribution in [0.25, 0.3) is 10.2 Å². The molecule has 0 spiro atoms. The summed E-state index contributed by atoms with van der Waals surface area (Å²) in [6.45, 7) is 5.00. The van der Waals surface area contributed by atoms with Gasteiger partial charge in [0.15, 0.2) is 4.80 Å². The van der Waals surface area contributed by atoms with Gasteiger partial charge in [0.05, 0.1) is 16.8 Å². The highest BCUT2D eigenvalue weighted by molar-refractivity contribution is 7.16. The molecule has 7 nitrogen and oxygen atoms in total. The Balaban J connectivity index is 1.95. The molecule has 3 amide bonds. The number of aromatic nitrogens is 1. The van der Waals surface area contributed by atoms with Crippen LogP contribution in [0.15, 0.2) is 23.2 Å². The number of hydrogen-bond donors (Lipinski definition) is 0. The van der Waals surface area contributed by atoms with Gasteiger partial charge < -0.3 is 9.30 Å². The summed E-state index contributed by atoms with van der Waals surface area (Å²) in [6, 6.07) is 5.80. The lowest BCUT2D eigenvalue weighted by Crippen LogP contribution is -2.34. The third-order valence-corrected chi connectivity index (χ3v) is 5.12. The lowest BCUT2D eigenvalue weighted by atomic mass is 10.3. The zero-order valence-corrected chi connectivity index (χ0v) is 15.7. The molecule has 1 aliphatic rings. The van der Waals surface area contributed by atoms with Crippen LogP contribution < -0.4 is 9.54 Å². The van der Waals surface area contributed by atoms with Crippen molar-refractivity contribution in [3.05, 3.63) is 23.0 Å². The van der Waals surface area contributed by atoms with Crippen molar-refractivity contribution in [3.8, 4) is 5.75 Å². The van der Waals surface area contributed by atoms with Gasteiger partial charge in [-0.2, -0.15) is 4.99 Å². The van der Waals surface area contributed by atoms with Crippen molar-refractivity contribution in [2.45, 2.75) is 39.7 Å². The largest absolute Gasteiger partial charge is 0.494 e. The first kappa shape index (κ1) is 18.3. The summed E-state index contributed by atoms with van der Waals surface area (Å²) in [5.41, 5.74) is 0.986. The summed E-state index contributed by atoms with van der Waals surface area (Å²) >= 11 is 1.40. The van der Waals surface area contributed by atoms with E-state index in [0.717, 1.165) is 33.8 Å². The van der Waals surface area contributed by atoms with Crippen molar-refractivity contribution in [2.75, 3.05) is 13.2 Å². The van der Waals surface area contributed by atoms with E-state index in [1.165, 1.54) is 11.3 Å². The van der Waals surface area contributed by atoms with E-state index in [2.05, 4.69) is 11.9 Å². The topological polar surface area (TPSA) is 81.0 Å². The van der Waals surface area contributed by atoms with Gasteiger partial charge in [0.25, 0.3) is 5.91 Å². The van der Waals surface area contributed by atoms with Gasteiger partial charge in [-0.25, -0.2) is 0 Å². The molecule has 0 aliphatic carbocycles. The predicted octanol–water partition coefficient (Wildman–Crippen LogP) is 2.09. The van der Waals surface area contributed by atoms with E-state index < -0.39 is 5.91 Å². The van der Waals surface area contributed by atoms with E-state index in [1.54, 1.807) is 0 Å². The second-order valence-electron chi connectivity index (χ2n) is 5.98. The Morgan fingerprint density at radius 3 is 2.62 bits per heavy atom. The van der Waals surface area contributed by atoms with Crippen LogP contribution in [0.1, 0.15) is 33.1 Å². The van der Waals surface area contributed by atoms with Crippen molar-refractivity contribution < 1.29 is 19.1 Å². The molecule has 0 bridgehead atoms. The molecule has 0 radical (unpaired) electrons. The molecule has 8 heteroatoms. The van der Waals surface area contributed by atoms with Crippen LogP contribution in [0.4, 0.5) is 0 Å². The molecule has 26 heavy (non-hydrogen) atoms. The molecule has 2 heterocycles. The third-order valence-electron chi connectivity index (χ3n) is 4.08. The molecule has 0 atom stereocenters. The highest BCUT2D eigenvalue weighted by atomic mass is 32.1. The van der Waals surface area contributed by atoms with Crippen LogP contribution in [-0.4, -0.2) is 40.3 Å². The van der Waals surface area contributed by atoms with E-state index in [1.807, 2.05) is 29.7 Å². The standard InChI is InChI=1S/C18H21N3O4S/c1-3-9-20-13-6-5-12(25-4-2)10-14(13)26-18(20)19-15(22)11-21-16(23)7-8-17(21)24/h5-6,10H,3-4,7-9,11H2,1-2H3. The van der Waals surface area contributed by atoms with Gasteiger partial charge in [0.1, 0.15) is 12.3 Å². The molecule has 3 rings (SSSR count). The average molecular weight is 375 g/mol. The number of ether oxygens (including phenoxy) is 1. The van der Waals surface area contributed by atoms with Crippen molar-refractivity contribution in [1.29, 1.82) is 0 Å². The van der Waals surface area contributed by atoms with Crippen LogP contribution in [0.3, 0.4) is 0 Å².